The van der Waals surface area contributed by atoms with Crippen molar-refractivity contribution in [3.63, 3.8) is 0 Å². The van der Waals surface area contributed by atoms with E-state index in [4.69, 9.17) is 16.3 Å². The molecule has 2 rings (SSSR count). The second kappa shape index (κ2) is 5.21. The highest BCUT2D eigenvalue weighted by atomic mass is 35.5. The highest BCUT2D eigenvalue weighted by Crippen LogP contribution is 2.33. The van der Waals surface area contributed by atoms with Crippen LogP contribution in [-0.4, -0.2) is 24.9 Å². The Bertz CT molecular complexity index is 381. The highest BCUT2D eigenvalue weighted by molar-refractivity contribution is 6.18. The number of benzene rings is 1. The number of carbonyl (C=O) groups excluding carboxylic acids is 1. The van der Waals surface area contributed by atoms with E-state index >= 15 is 0 Å². The molecule has 1 aliphatic rings. The molecule has 1 amide bonds. The van der Waals surface area contributed by atoms with Gasteiger partial charge in [-0.05, 0) is 12.5 Å². The number of ether oxygens (including phenoxy) is 1. The van der Waals surface area contributed by atoms with Crippen molar-refractivity contribution in [1.82, 2.24) is 5.32 Å². The number of amides is 1. The molecule has 0 bridgehead atoms. The molecule has 1 N–H and O–H groups in total. The van der Waals surface area contributed by atoms with Crippen LogP contribution in [0.2, 0.25) is 0 Å². The summed E-state index contributed by atoms with van der Waals surface area (Å²) in [5, 5.41) is 2.82. The minimum Gasteiger partial charge on any atom is -0.493 e. The molecular formula is C12H14ClNO2. The zero-order valence-electron chi connectivity index (χ0n) is 8.91. The number of para-hydroxylation sites is 1. The Morgan fingerprint density at radius 3 is 3.12 bits per heavy atom. The Balaban J connectivity index is 2.15. The first-order chi connectivity index (χ1) is 7.83. The van der Waals surface area contributed by atoms with Gasteiger partial charge in [0.2, 0.25) is 5.91 Å². The van der Waals surface area contributed by atoms with Crippen LogP contribution in [0.3, 0.4) is 0 Å². The predicted octanol–water partition coefficient (Wildman–Crippen LogP) is 1.91. The van der Waals surface area contributed by atoms with Crippen molar-refractivity contribution < 1.29 is 9.53 Å². The molecule has 1 aromatic rings. The van der Waals surface area contributed by atoms with Gasteiger partial charge in [0.05, 0.1) is 12.5 Å². The topological polar surface area (TPSA) is 38.3 Å². The third kappa shape index (κ3) is 2.30. The molecule has 0 fully saturated rings. The van der Waals surface area contributed by atoms with Crippen LogP contribution >= 0.6 is 11.6 Å². The Labute approximate surface area is 99.7 Å². The molecule has 4 heteroatoms. The third-order valence-electron chi connectivity index (χ3n) is 2.67. The van der Waals surface area contributed by atoms with Gasteiger partial charge in [-0.15, -0.1) is 11.6 Å². The van der Waals surface area contributed by atoms with Gasteiger partial charge in [-0.25, -0.2) is 0 Å². The number of nitrogens with one attached hydrogen (secondary N) is 1. The molecule has 3 nitrogen and oxygen atoms in total. The predicted molar refractivity (Wildman–Crippen MR) is 63.0 cm³/mol. The van der Waals surface area contributed by atoms with Crippen molar-refractivity contribution in [3.05, 3.63) is 29.8 Å². The van der Waals surface area contributed by atoms with Gasteiger partial charge in [0.25, 0.3) is 0 Å². The number of hydrogen-bond acceptors (Lipinski definition) is 2. The number of alkyl halides is 1. The Morgan fingerprint density at radius 2 is 2.31 bits per heavy atom. The lowest BCUT2D eigenvalue weighted by atomic mass is 9.92. The van der Waals surface area contributed by atoms with Crippen molar-refractivity contribution in [3.8, 4) is 5.75 Å². The van der Waals surface area contributed by atoms with Crippen LogP contribution in [-0.2, 0) is 4.79 Å². The summed E-state index contributed by atoms with van der Waals surface area (Å²) in [6.07, 6.45) is 0.727. The van der Waals surface area contributed by atoms with E-state index in [1.807, 2.05) is 24.3 Å². The SMILES string of the molecule is O=C(NCCCl)C1CCOc2ccccc21. The fourth-order valence-corrected chi connectivity index (χ4v) is 2.00. The Kier molecular flexibility index (Phi) is 3.67. The minimum absolute atomic E-state index is 0.0383. The number of carbonyl (C=O) groups is 1. The maximum Gasteiger partial charge on any atom is 0.227 e. The van der Waals surface area contributed by atoms with Gasteiger partial charge < -0.3 is 10.1 Å². The lowest BCUT2D eigenvalue weighted by Crippen LogP contribution is -2.33. The summed E-state index contributed by atoms with van der Waals surface area (Å²) in [4.78, 5) is 11.9. The van der Waals surface area contributed by atoms with Crippen molar-refractivity contribution >= 4 is 17.5 Å². The first kappa shape index (κ1) is 11.3. The molecule has 0 aromatic heterocycles. The van der Waals surface area contributed by atoms with Crippen LogP contribution < -0.4 is 10.1 Å². The second-order valence-corrected chi connectivity index (χ2v) is 4.09. The molecule has 1 aromatic carbocycles. The molecule has 0 radical (unpaired) electrons. The van der Waals surface area contributed by atoms with Gasteiger partial charge in [0.1, 0.15) is 5.75 Å². The van der Waals surface area contributed by atoms with Gasteiger partial charge in [0, 0.05) is 18.0 Å². The van der Waals surface area contributed by atoms with Crippen molar-refractivity contribution in [2.24, 2.45) is 0 Å². The zero-order chi connectivity index (χ0) is 11.4. The summed E-state index contributed by atoms with van der Waals surface area (Å²) in [6, 6.07) is 7.68. The Hall–Kier alpha value is -1.22. The van der Waals surface area contributed by atoms with E-state index < -0.39 is 0 Å². The third-order valence-corrected chi connectivity index (χ3v) is 2.86. The lowest BCUT2D eigenvalue weighted by molar-refractivity contribution is -0.123. The molecule has 0 spiro atoms. The van der Waals surface area contributed by atoms with Crippen LogP contribution in [0.4, 0.5) is 0 Å². The maximum atomic E-state index is 11.9. The fraction of sp³-hybridized carbons (Fsp3) is 0.417. The van der Waals surface area contributed by atoms with Crippen LogP contribution in [0.15, 0.2) is 24.3 Å². The van der Waals surface area contributed by atoms with Gasteiger partial charge in [-0.3, -0.25) is 4.79 Å². The molecule has 0 saturated heterocycles. The maximum absolute atomic E-state index is 11.9. The summed E-state index contributed by atoms with van der Waals surface area (Å²) < 4.78 is 5.50. The summed E-state index contributed by atoms with van der Waals surface area (Å²) in [5.41, 5.74) is 0.973. The van der Waals surface area contributed by atoms with E-state index in [1.165, 1.54) is 0 Å². The van der Waals surface area contributed by atoms with Crippen molar-refractivity contribution in [2.45, 2.75) is 12.3 Å². The number of halogens is 1. The molecule has 86 valence electrons. The quantitative estimate of drug-likeness (QED) is 0.819. The standard InChI is InChI=1S/C12H14ClNO2/c13-6-7-14-12(15)10-5-8-16-11-4-2-1-3-9(10)11/h1-4,10H,5-8H2,(H,14,15). The number of fused-ring (bicyclic) bond motifs is 1. The van der Waals surface area contributed by atoms with E-state index in [0.717, 1.165) is 17.7 Å². The fourth-order valence-electron chi connectivity index (χ4n) is 1.91. The van der Waals surface area contributed by atoms with Gasteiger partial charge in [-0.1, -0.05) is 18.2 Å². The van der Waals surface area contributed by atoms with Crippen LogP contribution in [0.1, 0.15) is 17.9 Å². The minimum atomic E-state index is -0.104. The second-order valence-electron chi connectivity index (χ2n) is 3.71. The average Bonchev–Trinajstić information content (AvgIpc) is 2.35. The lowest BCUT2D eigenvalue weighted by Gasteiger charge is -2.24. The number of rotatable bonds is 3. The van der Waals surface area contributed by atoms with E-state index in [2.05, 4.69) is 5.32 Å². The Morgan fingerprint density at radius 1 is 1.50 bits per heavy atom. The first-order valence-corrected chi connectivity index (χ1v) is 5.92. The summed E-state index contributed by atoms with van der Waals surface area (Å²) in [7, 11) is 0. The van der Waals surface area contributed by atoms with Crippen LogP contribution in [0, 0.1) is 0 Å². The smallest absolute Gasteiger partial charge is 0.227 e. The summed E-state index contributed by atoms with van der Waals surface area (Å²) in [6.45, 7) is 1.11. The van der Waals surface area contributed by atoms with Crippen LogP contribution in [0.25, 0.3) is 0 Å². The van der Waals surface area contributed by atoms with Crippen molar-refractivity contribution in [2.75, 3.05) is 19.0 Å². The van der Waals surface area contributed by atoms with Gasteiger partial charge in [0.15, 0.2) is 0 Å². The summed E-state index contributed by atoms with van der Waals surface area (Å²) in [5.74, 6) is 1.20. The molecule has 0 aliphatic carbocycles. The van der Waals surface area contributed by atoms with Crippen molar-refractivity contribution in [1.29, 1.82) is 0 Å². The highest BCUT2D eigenvalue weighted by Gasteiger charge is 2.26. The average molecular weight is 240 g/mol. The zero-order valence-corrected chi connectivity index (χ0v) is 9.67. The first-order valence-electron chi connectivity index (χ1n) is 5.38. The van der Waals surface area contributed by atoms with Gasteiger partial charge in [-0.2, -0.15) is 0 Å². The van der Waals surface area contributed by atoms with Crippen LogP contribution in [0.5, 0.6) is 5.75 Å². The molecule has 0 saturated carbocycles. The van der Waals surface area contributed by atoms with E-state index in [1.54, 1.807) is 0 Å². The molecular weight excluding hydrogens is 226 g/mol. The molecule has 1 aliphatic heterocycles. The van der Waals surface area contributed by atoms with E-state index in [9.17, 15) is 4.79 Å². The molecule has 1 heterocycles. The monoisotopic (exact) mass is 239 g/mol. The van der Waals surface area contributed by atoms with E-state index in [0.29, 0.717) is 19.0 Å². The normalized spacial score (nSPS) is 18.4. The number of hydrogen-bond donors (Lipinski definition) is 1. The summed E-state index contributed by atoms with van der Waals surface area (Å²) >= 11 is 5.55. The molecule has 16 heavy (non-hydrogen) atoms. The van der Waals surface area contributed by atoms with E-state index in [-0.39, 0.29) is 11.8 Å². The molecule has 1 unspecified atom stereocenters. The van der Waals surface area contributed by atoms with Gasteiger partial charge >= 0.3 is 0 Å². The largest absolute Gasteiger partial charge is 0.493 e. The molecule has 1 atom stereocenters.